The van der Waals surface area contributed by atoms with Crippen LogP contribution in [0.5, 0.6) is 0 Å². The van der Waals surface area contributed by atoms with E-state index in [4.69, 9.17) is 15.6 Å². The Labute approximate surface area is 124 Å². The zero-order chi connectivity index (χ0) is 15.4. The number of fused-ring (bicyclic) bond motifs is 1. The average Bonchev–Trinajstić information content (AvgIpc) is 3.04. The van der Waals surface area contributed by atoms with Crippen LogP contribution in [0.25, 0.3) is 5.52 Å². The van der Waals surface area contributed by atoms with Crippen molar-refractivity contribution >= 4 is 11.3 Å². The first kappa shape index (κ1) is 15.7. The molecule has 6 nitrogen and oxygen atoms in total. The molecule has 2 aromatic rings. The van der Waals surface area contributed by atoms with Crippen molar-refractivity contribution in [2.75, 3.05) is 12.3 Å². The molecular formula is C15H24N4O2. The lowest BCUT2D eigenvalue weighted by Crippen LogP contribution is -2.12. The Hall–Kier alpha value is -1.66. The van der Waals surface area contributed by atoms with Crippen molar-refractivity contribution in [1.29, 1.82) is 0 Å². The minimum Gasteiger partial charge on any atom is -0.394 e. The highest BCUT2D eigenvalue weighted by Crippen LogP contribution is 2.33. The first-order chi connectivity index (χ1) is 10.0. The Morgan fingerprint density at radius 1 is 1.38 bits per heavy atom. The fourth-order valence-corrected chi connectivity index (χ4v) is 2.27. The van der Waals surface area contributed by atoms with Gasteiger partial charge in [-0.05, 0) is 30.9 Å². The smallest absolute Gasteiger partial charge is 0.151 e. The summed E-state index contributed by atoms with van der Waals surface area (Å²) in [6.45, 7) is 6.57. The minimum atomic E-state index is -0.0651. The normalized spacial score (nSPS) is 21.6. The molecule has 0 aliphatic carbocycles. The Kier molecular flexibility index (Phi) is 5.14. The van der Waals surface area contributed by atoms with Crippen molar-refractivity contribution in [3.8, 4) is 0 Å². The third-order valence-corrected chi connectivity index (χ3v) is 3.15. The van der Waals surface area contributed by atoms with Gasteiger partial charge in [-0.15, -0.1) is 0 Å². The number of aliphatic hydroxyl groups is 1. The predicted molar refractivity (Wildman–Crippen MR) is 81.8 cm³/mol. The summed E-state index contributed by atoms with van der Waals surface area (Å²) < 4.78 is 7.49. The Morgan fingerprint density at radius 3 is 2.71 bits per heavy atom. The van der Waals surface area contributed by atoms with E-state index in [1.165, 1.54) is 6.33 Å². The van der Waals surface area contributed by atoms with Gasteiger partial charge in [0.2, 0.25) is 0 Å². The van der Waals surface area contributed by atoms with E-state index in [0.717, 1.165) is 30.0 Å². The molecule has 2 unspecified atom stereocenters. The molecule has 2 atom stereocenters. The number of ether oxygens (including phenoxy) is 1. The van der Waals surface area contributed by atoms with Crippen molar-refractivity contribution in [2.24, 2.45) is 5.92 Å². The molecule has 0 saturated carbocycles. The lowest BCUT2D eigenvalue weighted by atomic mass is 10.1. The molecule has 0 radical (unpaired) electrons. The molecule has 116 valence electrons. The summed E-state index contributed by atoms with van der Waals surface area (Å²) in [5.41, 5.74) is 7.52. The quantitative estimate of drug-likeness (QED) is 0.886. The molecule has 0 bridgehead atoms. The predicted octanol–water partition coefficient (Wildman–Crippen LogP) is 2.19. The molecule has 3 rings (SSSR count). The van der Waals surface area contributed by atoms with Crippen LogP contribution >= 0.6 is 0 Å². The van der Waals surface area contributed by atoms with E-state index in [0.29, 0.717) is 5.82 Å². The van der Waals surface area contributed by atoms with Crippen LogP contribution in [0.2, 0.25) is 0 Å². The third-order valence-electron chi connectivity index (χ3n) is 3.15. The van der Waals surface area contributed by atoms with Gasteiger partial charge in [-0.25, -0.2) is 9.50 Å². The zero-order valence-electron chi connectivity index (χ0n) is 12.9. The molecule has 0 spiro atoms. The summed E-state index contributed by atoms with van der Waals surface area (Å²) in [5, 5.41) is 13.2. The molecule has 3 N–H and O–H groups in total. The molecule has 6 heteroatoms. The zero-order valence-corrected chi connectivity index (χ0v) is 12.9. The molecular weight excluding hydrogens is 268 g/mol. The topological polar surface area (TPSA) is 85.7 Å². The van der Waals surface area contributed by atoms with E-state index in [1.807, 2.05) is 12.1 Å². The van der Waals surface area contributed by atoms with Crippen LogP contribution in [-0.2, 0) is 4.74 Å². The highest BCUT2D eigenvalue weighted by Gasteiger charge is 2.28. The van der Waals surface area contributed by atoms with E-state index < -0.39 is 0 Å². The van der Waals surface area contributed by atoms with Crippen LogP contribution < -0.4 is 5.73 Å². The van der Waals surface area contributed by atoms with Gasteiger partial charge in [-0.2, -0.15) is 5.10 Å². The summed E-state index contributed by atoms with van der Waals surface area (Å²) in [7, 11) is 0. The lowest BCUT2D eigenvalue weighted by molar-refractivity contribution is 0.00856. The maximum absolute atomic E-state index is 9.06. The van der Waals surface area contributed by atoms with Crippen LogP contribution in [0.15, 0.2) is 18.5 Å². The molecule has 21 heavy (non-hydrogen) atoms. The minimum absolute atomic E-state index is 0.0241. The molecule has 1 saturated heterocycles. The second kappa shape index (κ2) is 6.87. The molecule has 0 amide bonds. The first-order valence-corrected chi connectivity index (χ1v) is 7.37. The fourth-order valence-electron chi connectivity index (χ4n) is 2.27. The summed E-state index contributed by atoms with van der Waals surface area (Å²) >= 11 is 0. The molecule has 1 fully saturated rings. The van der Waals surface area contributed by atoms with E-state index >= 15 is 0 Å². The highest BCUT2D eigenvalue weighted by molar-refractivity contribution is 5.65. The van der Waals surface area contributed by atoms with Gasteiger partial charge in [0, 0.05) is 0 Å². The number of rotatable bonds is 2. The van der Waals surface area contributed by atoms with Crippen molar-refractivity contribution in [2.45, 2.75) is 45.8 Å². The van der Waals surface area contributed by atoms with Gasteiger partial charge < -0.3 is 15.6 Å². The second-order valence-corrected chi connectivity index (χ2v) is 5.94. The Balaban J connectivity index is 0.000000361. The molecule has 0 aromatic carbocycles. The van der Waals surface area contributed by atoms with Gasteiger partial charge in [0.1, 0.15) is 17.9 Å². The van der Waals surface area contributed by atoms with Gasteiger partial charge in [0.15, 0.2) is 5.82 Å². The maximum Gasteiger partial charge on any atom is 0.151 e. The van der Waals surface area contributed by atoms with Crippen LogP contribution in [0, 0.1) is 5.92 Å². The summed E-state index contributed by atoms with van der Waals surface area (Å²) in [6, 6.07) is 3.84. The van der Waals surface area contributed by atoms with Gasteiger partial charge in [-0.1, -0.05) is 20.8 Å². The van der Waals surface area contributed by atoms with Crippen molar-refractivity contribution < 1.29 is 9.84 Å². The number of nitrogens with zero attached hydrogens (tertiary/aromatic N) is 3. The Morgan fingerprint density at radius 2 is 2.10 bits per heavy atom. The molecule has 1 aliphatic heterocycles. The van der Waals surface area contributed by atoms with E-state index in [-0.39, 0.29) is 18.8 Å². The van der Waals surface area contributed by atoms with Crippen molar-refractivity contribution in [1.82, 2.24) is 14.6 Å². The summed E-state index contributed by atoms with van der Waals surface area (Å²) in [6.07, 6.45) is 3.11. The maximum atomic E-state index is 9.06. The van der Waals surface area contributed by atoms with E-state index in [9.17, 15) is 0 Å². The van der Waals surface area contributed by atoms with Gasteiger partial charge >= 0.3 is 0 Å². The molecule has 1 aliphatic rings. The number of hydrogen-bond acceptors (Lipinski definition) is 5. The number of anilines is 1. The molecule has 3 heterocycles. The third kappa shape index (κ3) is 3.71. The van der Waals surface area contributed by atoms with Crippen LogP contribution in [0.1, 0.15) is 45.4 Å². The van der Waals surface area contributed by atoms with Crippen LogP contribution in [0.4, 0.5) is 5.82 Å². The van der Waals surface area contributed by atoms with Crippen LogP contribution in [0.3, 0.4) is 0 Å². The number of nitrogens with two attached hydrogens (primary N) is 1. The average molecular weight is 292 g/mol. The SMILES string of the molecule is CC(C)C.Nc1ncnn2c(C3CCC(CO)O3)ccc12. The number of aromatic nitrogens is 3. The number of nitrogen functional groups attached to an aromatic ring is 1. The monoisotopic (exact) mass is 292 g/mol. The second-order valence-electron chi connectivity index (χ2n) is 5.94. The Bertz CT molecular complexity index is 579. The van der Waals surface area contributed by atoms with Crippen molar-refractivity contribution in [3.63, 3.8) is 0 Å². The fraction of sp³-hybridized carbons (Fsp3) is 0.600. The first-order valence-electron chi connectivity index (χ1n) is 7.37. The number of aliphatic hydroxyl groups excluding tert-OH is 1. The summed E-state index contributed by atoms with van der Waals surface area (Å²) in [5.74, 6) is 1.29. The van der Waals surface area contributed by atoms with Gasteiger partial charge in [0.25, 0.3) is 0 Å². The van der Waals surface area contributed by atoms with Gasteiger partial charge in [0.05, 0.1) is 18.4 Å². The van der Waals surface area contributed by atoms with Gasteiger partial charge in [-0.3, -0.25) is 0 Å². The lowest BCUT2D eigenvalue weighted by Gasteiger charge is -2.11. The van der Waals surface area contributed by atoms with E-state index in [1.54, 1.807) is 4.52 Å². The van der Waals surface area contributed by atoms with Crippen molar-refractivity contribution in [3.05, 3.63) is 24.2 Å². The standard InChI is InChI=1S/C11H14N4O2.C4H10/c12-11-9-3-2-8(15(9)14-6-13-11)10-4-1-7(5-16)17-10;1-4(2)3/h2-3,6-7,10,16H,1,4-5H2,(H2,12,13,14);4H,1-3H3. The summed E-state index contributed by atoms with van der Waals surface area (Å²) in [4.78, 5) is 3.94. The largest absolute Gasteiger partial charge is 0.394 e. The highest BCUT2D eigenvalue weighted by atomic mass is 16.5. The molecule has 2 aromatic heterocycles. The van der Waals surface area contributed by atoms with Crippen LogP contribution in [-0.4, -0.2) is 32.4 Å². The van der Waals surface area contributed by atoms with E-state index in [2.05, 4.69) is 30.9 Å². The number of hydrogen-bond donors (Lipinski definition) is 2.